The smallest absolute Gasteiger partial charge is 0.269 e. The van der Waals surface area contributed by atoms with E-state index in [0.717, 1.165) is 11.3 Å². The van der Waals surface area contributed by atoms with Gasteiger partial charge in [-0.3, -0.25) is 10.1 Å². The summed E-state index contributed by atoms with van der Waals surface area (Å²) in [5.74, 6) is 0.688. The van der Waals surface area contributed by atoms with Crippen molar-refractivity contribution in [3.8, 4) is 0 Å². The molecular formula is C15H20N4O2. The van der Waals surface area contributed by atoms with E-state index in [1.807, 2.05) is 6.20 Å². The zero-order valence-corrected chi connectivity index (χ0v) is 12.3. The van der Waals surface area contributed by atoms with Gasteiger partial charge >= 0.3 is 0 Å². The Labute approximate surface area is 123 Å². The van der Waals surface area contributed by atoms with E-state index in [1.165, 1.54) is 12.1 Å². The summed E-state index contributed by atoms with van der Waals surface area (Å²) in [7, 11) is 0. The molecule has 2 N–H and O–H groups in total. The summed E-state index contributed by atoms with van der Waals surface area (Å²) in [5.41, 5.74) is 8.07. The van der Waals surface area contributed by atoms with Crippen molar-refractivity contribution < 1.29 is 4.92 Å². The summed E-state index contributed by atoms with van der Waals surface area (Å²) in [6, 6.07) is 6.59. The Balaban J connectivity index is 2.20. The van der Waals surface area contributed by atoms with Gasteiger partial charge in [-0.2, -0.15) is 0 Å². The number of nitro groups is 1. The first kappa shape index (κ1) is 15.2. The average Bonchev–Trinajstić information content (AvgIpc) is 2.88. The number of nitro benzene ring substituents is 1. The highest BCUT2D eigenvalue weighted by atomic mass is 16.6. The molecule has 0 saturated heterocycles. The minimum Gasteiger partial charge on any atom is -0.330 e. The molecule has 1 aromatic heterocycles. The standard InChI is InChI=1S/C15H20N4O2/c1-11(2)14(7-16)15-8-17-10-18(15)9-12-3-5-13(6-4-12)19(20)21/h3-6,8,10-11,14H,7,9,16H2,1-2H3. The molecule has 21 heavy (non-hydrogen) atoms. The number of hydrogen-bond acceptors (Lipinski definition) is 4. The molecule has 1 unspecified atom stereocenters. The van der Waals surface area contributed by atoms with E-state index in [0.29, 0.717) is 19.0 Å². The summed E-state index contributed by atoms with van der Waals surface area (Å²) >= 11 is 0. The first-order valence-electron chi connectivity index (χ1n) is 6.96. The molecule has 0 saturated carbocycles. The predicted octanol–water partition coefficient (Wildman–Crippen LogP) is 2.54. The second kappa shape index (κ2) is 6.49. The number of imidazole rings is 1. The van der Waals surface area contributed by atoms with Crippen LogP contribution in [-0.2, 0) is 6.54 Å². The zero-order chi connectivity index (χ0) is 15.4. The predicted molar refractivity (Wildman–Crippen MR) is 81.1 cm³/mol. The molecule has 2 rings (SSSR count). The Hall–Kier alpha value is -2.21. The largest absolute Gasteiger partial charge is 0.330 e. The normalized spacial score (nSPS) is 12.6. The monoisotopic (exact) mass is 288 g/mol. The Bertz CT molecular complexity index is 604. The van der Waals surface area contributed by atoms with Gasteiger partial charge in [-0.1, -0.05) is 26.0 Å². The van der Waals surface area contributed by atoms with Gasteiger partial charge in [-0.15, -0.1) is 0 Å². The van der Waals surface area contributed by atoms with E-state index in [2.05, 4.69) is 23.4 Å². The highest BCUT2D eigenvalue weighted by Crippen LogP contribution is 2.24. The molecule has 0 aliphatic heterocycles. The van der Waals surface area contributed by atoms with Crippen molar-refractivity contribution in [3.05, 3.63) is 58.2 Å². The van der Waals surface area contributed by atoms with Gasteiger partial charge in [0.05, 0.1) is 11.3 Å². The number of hydrogen-bond donors (Lipinski definition) is 1. The molecule has 0 aliphatic carbocycles. The van der Waals surface area contributed by atoms with Crippen LogP contribution in [0, 0.1) is 16.0 Å². The number of nitrogens with zero attached hydrogens (tertiary/aromatic N) is 3. The number of non-ortho nitro benzene ring substituents is 1. The summed E-state index contributed by atoms with van der Waals surface area (Å²) in [5, 5.41) is 10.7. The molecule has 112 valence electrons. The topological polar surface area (TPSA) is 87.0 Å². The molecular weight excluding hydrogens is 268 g/mol. The third-order valence-corrected chi connectivity index (χ3v) is 3.68. The SMILES string of the molecule is CC(C)C(CN)c1cncn1Cc1ccc([N+](=O)[O-])cc1. The fourth-order valence-electron chi connectivity index (χ4n) is 2.43. The Morgan fingerprint density at radius 2 is 2.00 bits per heavy atom. The lowest BCUT2D eigenvalue weighted by Gasteiger charge is -2.20. The van der Waals surface area contributed by atoms with Crippen LogP contribution in [0.15, 0.2) is 36.8 Å². The van der Waals surface area contributed by atoms with E-state index in [1.54, 1.807) is 18.5 Å². The fraction of sp³-hybridized carbons (Fsp3) is 0.400. The van der Waals surface area contributed by atoms with Gasteiger partial charge in [0.15, 0.2) is 0 Å². The van der Waals surface area contributed by atoms with Crippen LogP contribution in [0.3, 0.4) is 0 Å². The van der Waals surface area contributed by atoms with Gasteiger partial charge in [0.1, 0.15) is 0 Å². The quantitative estimate of drug-likeness (QED) is 0.653. The van der Waals surface area contributed by atoms with Crippen molar-refractivity contribution in [3.63, 3.8) is 0 Å². The van der Waals surface area contributed by atoms with Gasteiger partial charge in [0.2, 0.25) is 0 Å². The number of aromatic nitrogens is 2. The van der Waals surface area contributed by atoms with Crippen LogP contribution >= 0.6 is 0 Å². The molecule has 0 aliphatic rings. The summed E-state index contributed by atoms with van der Waals surface area (Å²) in [6.45, 7) is 5.49. The van der Waals surface area contributed by atoms with E-state index in [4.69, 9.17) is 5.73 Å². The van der Waals surface area contributed by atoms with Crippen LogP contribution in [0.2, 0.25) is 0 Å². The van der Waals surface area contributed by atoms with Crippen LogP contribution in [0.5, 0.6) is 0 Å². The minimum absolute atomic E-state index is 0.103. The maximum atomic E-state index is 10.7. The Morgan fingerprint density at radius 1 is 1.33 bits per heavy atom. The van der Waals surface area contributed by atoms with Crippen molar-refractivity contribution >= 4 is 5.69 Å². The van der Waals surface area contributed by atoms with E-state index >= 15 is 0 Å². The second-order valence-corrected chi connectivity index (χ2v) is 5.46. The highest BCUT2D eigenvalue weighted by molar-refractivity contribution is 5.33. The van der Waals surface area contributed by atoms with Crippen molar-refractivity contribution in [2.45, 2.75) is 26.3 Å². The lowest BCUT2D eigenvalue weighted by Crippen LogP contribution is -2.21. The molecule has 0 amide bonds. The van der Waals surface area contributed by atoms with Gasteiger partial charge in [0, 0.05) is 43.0 Å². The number of nitrogens with two attached hydrogens (primary N) is 1. The molecule has 6 nitrogen and oxygen atoms in total. The van der Waals surface area contributed by atoms with Crippen molar-refractivity contribution in [2.75, 3.05) is 6.54 Å². The van der Waals surface area contributed by atoms with Gasteiger partial charge < -0.3 is 10.3 Å². The van der Waals surface area contributed by atoms with Gasteiger partial charge in [-0.05, 0) is 11.5 Å². The van der Waals surface area contributed by atoms with E-state index < -0.39 is 4.92 Å². The lowest BCUT2D eigenvalue weighted by molar-refractivity contribution is -0.384. The van der Waals surface area contributed by atoms with Crippen LogP contribution in [0.4, 0.5) is 5.69 Å². The van der Waals surface area contributed by atoms with Crippen LogP contribution in [0.1, 0.15) is 31.0 Å². The zero-order valence-electron chi connectivity index (χ0n) is 12.3. The molecule has 0 fully saturated rings. The first-order chi connectivity index (χ1) is 10.0. The molecule has 1 aromatic carbocycles. The number of benzene rings is 1. The molecule has 1 atom stereocenters. The Kier molecular flexibility index (Phi) is 4.70. The van der Waals surface area contributed by atoms with Crippen LogP contribution in [-0.4, -0.2) is 21.0 Å². The highest BCUT2D eigenvalue weighted by Gasteiger charge is 2.18. The van der Waals surface area contributed by atoms with E-state index in [-0.39, 0.29) is 11.6 Å². The third kappa shape index (κ3) is 3.46. The minimum atomic E-state index is -0.393. The maximum Gasteiger partial charge on any atom is 0.269 e. The summed E-state index contributed by atoms with van der Waals surface area (Å²) < 4.78 is 2.05. The van der Waals surface area contributed by atoms with Crippen LogP contribution < -0.4 is 5.73 Å². The fourth-order valence-corrected chi connectivity index (χ4v) is 2.43. The van der Waals surface area contributed by atoms with Crippen molar-refractivity contribution in [1.82, 2.24) is 9.55 Å². The van der Waals surface area contributed by atoms with Crippen molar-refractivity contribution in [2.24, 2.45) is 11.7 Å². The lowest BCUT2D eigenvalue weighted by atomic mass is 9.93. The van der Waals surface area contributed by atoms with Crippen molar-refractivity contribution in [1.29, 1.82) is 0 Å². The molecule has 2 aromatic rings. The summed E-state index contributed by atoms with van der Waals surface area (Å²) in [6.07, 6.45) is 3.63. The maximum absolute atomic E-state index is 10.7. The molecule has 0 bridgehead atoms. The molecule has 6 heteroatoms. The van der Waals surface area contributed by atoms with E-state index in [9.17, 15) is 10.1 Å². The molecule has 0 radical (unpaired) electrons. The Morgan fingerprint density at radius 3 is 2.52 bits per heavy atom. The van der Waals surface area contributed by atoms with Gasteiger partial charge in [0.25, 0.3) is 5.69 Å². The van der Waals surface area contributed by atoms with Crippen LogP contribution in [0.25, 0.3) is 0 Å². The average molecular weight is 288 g/mol. The van der Waals surface area contributed by atoms with Gasteiger partial charge in [-0.25, -0.2) is 4.98 Å². The molecule has 1 heterocycles. The number of rotatable bonds is 6. The molecule has 0 spiro atoms. The summed E-state index contributed by atoms with van der Waals surface area (Å²) in [4.78, 5) is 14.5. The third-order valence-electron chi connectivity index (χ3n) is 3.68. The second-order valence-electron chi connectivity index (χ2n) is 5.46. The first-order valence-corrected chi connectivity index (χ1v) is 6.96.